The lowest BCUT2D eigenvalue weighted by molar-refractivity contribution is 0.102. The second-order valence-corrected chi connectivity index (χ2v) is 5.68. The quantitative estimate of drug-likeness (QED) is 0.780. The minimum absolute atomic E-state index is 0.140. The van der Waals surface area contributed by atoms with Gasteiger partial charge in [-0.1, -0.05) is 12.1 Å². The largest absolute Gasteiger partial charge is 0.321 e. The van der Waals surface area contributed by atoms with Gasteiger partial charge in [-0.05, 0) is 62.6 Å². The van der Waals surface area contributed by atoms with Crippen LogP contribution in [0.25, 0.3) is 5.65 Å². The van der Waals surface area contributed by atoms with Crippen LogP contribution in [-0.4, -0.2) is 15.3 Å². The van der Waals surface area contributed by atoms with E-state index in [2.05, 4.69) is 17.2 Å². The Morgan fingerprint density at radius 1 is 1.05 bits per heavy atom. The number of carbonyl (C=O) groups excluding carboxylic acids is 1. The molecule has 0 saturated heterocycles. The Morgan fingerprint density at radius 3 is 2.55 bits per heavy atom. The highest BCUT2D eigenvalue weighted by Crippen LogP contribution is 2.19. The number of hydrogen-bond donors (Lipinski definition) is 1. The number of benzene rings is 1. The molecule has 4 heteroatoms. The Kier molecular flexibility index (Phi) is 3.45. The van der Waals surface area contributed by atoms with Crippen molar-refractivity contribution >= 4 is 17.2 Å². The molecule has 0 unspecified atom stereocenters. The molecule has 1 aromatic carbocycles. The van der Waals surface area contributed by atoms with Crippen molar-refractivity contribution in [3.63, 3.8) is 0 Å². The number of carbonyl (C=O) groups is 1. The van der Waals surface area contributed by atoms with Crippen molar-refractivity contribution < 1.29 is 4.79 Å². The van der Waals surface area contributed by atoms with Crippen molar-refractivity contribution in [2.24, 2.45) is 0 Å². The van der Waals surface area contributed by atoms with Gasteiger partial charge in [0.2, 0.25) is 0 Å². The highest BCUT2D eigenvalue weighted by atomic mass is 16.2. The van der Waals surface area contributed by atoms with Gasteiger partial charge < -0.3 is 5.32 Å². The zero-order chi connectivity index (χ0) is 15.9. The normalized spacial score (nSPS) is 10.9. The summed E-state index contributed by atoms with van der Waals surface area (Å²) in [6.07, 6.45) is 1.87. The first-order chi connectivity index (χ1) is 10.5. The molecule has 1 amide bonds. The molecule has 3 rings (SSSR count). The number of nitrogens with one attached hydrogen (secondary N) is 1. The maximum Gasteiger partial charge on any atom is 0.274 e. The van der Waals surface area contributed by atoms with Crippen LogP contribution in [0.15, 0.2) is 36.5 Å². The fraction of sp³-hybridized carbons (Fsp3) is 0.222. The average Bonchev–Trinajstić information content (AvgIpc) is 2.81. The lowest BCUT2D eigenvalue weighted by Gasteiger charge is -2.08. The second-order valence-electron chi connectivity index (χ2n) is 5.68. The van der Waals surface area contributed by atoms with Crippen molar-refractivity contribution in [1.82, 2.24) is 9.38 Å². The third-order valence-corrected chi connectivity index (χ3v) is 4.00. The lowest BCUT2D eigenvalue weighted by Crippen LogP contribution is -2.15. The Hall–Kier alpha value is -2.62. The van der Waals surface area contributed by atoms with E-state index in [1.165, 1.54) is 5.56 Å². The number of imidazole rings is 1. The summed E-state index contributed by atoms with van der Waals surface area (Å²) >= 11 is 0. The molecule has 0 atom stereocenters. The van der Waals surface area contributed by atoms with Crippen LogP contribution in [0.5, 0.6) is 0 Å². The number of aryl methyl sites for hydroxylation is 4. The average molecular weight is 293 g/mol. The second kappa shape index (κ2) is 5.30. The first kappa shape index (κ1) is 14.3. The molecule has 112 valence electrons. The fourth-order valence-electron chi connectivity index (χ4n) is 2.60. The molecule has 2 heterocycles. The Labute approximate surface area is 129 Å². The molecule has 0 radical (unpaired) electrons. The highest BCUT2D eigenvalue weighted by molar-refractivity contribution is 6.04. The third-order valence-electron chi connectivity index (χ3n) is 4.00. The topological polar surface area (TPSA) is 46.4 Å². The van der Waals surface area contributed by atoms with E-state index in [9.17, 15) is 4.79 Å². The van der Waals surface area contributed by atoms with Gasteiger partial charge in [0, 0.05) is 11.9 Å². The van der Waals surface area contributed by atoms with Gasteiger partial charge in [0.05, 0.1) is 5.69 Å². The molecular weight excluding hydrogens is 274 g/mol. The SMILES string of the molecule is Cc1ccc(NC(=O)c2c(C)nc3c(C)cccn23)cc1C. The van der Waals surface area contributed by atoms with Gasteiger partial charge in [-0.2, -0.15) is 0 Å². The molecule has 0 spiro atoms. The van der Waals surface area contributed by atoms with E-state index in [4.69, 9.17) is 0 Å². The number of anilines is 1. The number of pyridine rings is 1. The van der Waals surface area contributed by atoms with Gasteiger partial charge in [-0.15, -0.1) is 0 Å². The summed E-state index contributed by atoms with van der Waals surface area (Å²) in [6.45, 7) is 7.95. The number of aromatic nitrogens is 2. The van der Waals surface area contributed by atoms with Gasteiger partial charge in [0.25, 0.3) is 5.91 Å². The van der Waals surface area contributed by atoms with E-state index in [-0.39, 0.29) is 5.91 Å². The van der Waals surface area contributed by atoms with Crippen LogP contribution in [0.2, 0.25) is 0 Å². The summed E-state index contributed by atoms with van der Waals surface area (Å²) in [4.78, 5) is 17.2. The van der Waals surface area contributed by atoms with Crippen molar-refractivity contribution in [2.75, 3.05) is 5.32 Å². The molecule has 2 aromatic heterocycles. The number of fused-ring (bicyclic) bond motifs is 1. The van der Waals surface area contributed by atoms with Gasteiger partial charge in [-0.3, -0.25) is 9.20 Å². The fourth-order valence-corrected chi connectivity index (χ4v) is 2.60. The molecule has 0 aliphatic heterocycles. The lowest BCUT2D eigenvalue weighted by atomic mass is 10.1. The first-order valence-electron chi connectivity index (χ1n) is 7.30. The van der Waals surface area contributed by atoms with Crippen LogP contribution in [0.4, 0.5) is 5.69 Å². The van der Waals surface area contributed by atoms with Crippen LogP contribution >= 0.6 is 0 Å². The molecule has 0 fully saturated rings. The highest BCUT2D eigenvalue weighted by Gasteiger charge is 2.17. The summed E-state index contributed by atoms with van der Waals surface area (Å²) in [6, 6.07) is 9.83. The molecule has 0 aliphatic carbocycles. The number of rotatable bonds is 2. The summed E-state index contributed by atoms with van der Waals surface area (Å²) in [5.74, 6) is -0.140. The summed E-state index contributed by atoms with van der Waals surface area (Å²) in [5, 5.41) is 2.97. The smallest absolute Gasteiger partial charge is 0.274 e. The summed E-state index contributed by atoms with van der Waals surface area (Å²) in [7, 11) is 0. The molecule has 22 heavy (non-hydrogen) atoms. The van der Waals surface area contributed by atoms with Crippen LogP contribution in [-0.2, 0) is 0 Å². The monoisotopic (exact) mass is 293 g/mol. The maximum absolute atomic E-state index is 12.6. The van der Waals surface area contributed by atoms with E-state index in [1.54, 1.807) is 0 Å². The molecule has 0 aliphatic rings. The molecule has 0 saturated carbocycles. The van der Waals surface area contributed by atoms with E-state index in [0.717, 1.165) is 28.2 Å². The summed E-state index contributed by atoms with van der Waals surface area (Å²) in [5.41, 5.74) is 6.35. The van der Waals surface area contributed by atoms with Gasteiger partial charge in [0.15, 0.2) is 0 Å². The zero-order valence-electron chi connectivity index (χ0n) is 13.3. The maximum atomic E-state index is 12.6. The Morgan fingerprint density at radius 2 is 1.82 bits per heavy atom. The molecule has 4 nitrogen and oxygen atoms in total. The molecular formula is C18H19N3O. The van der Waals surface area contributed by atoms with Crippen molar-refractivity contribution in [3.8, 4) is 0 Å². The zero-order valence-corrected chi connectivity index (χ0v) is 13.3. The van der Waals surface area contributed by atoms with E-state index < -0.39 is 0 Å². The molecule has 1 N–H and O–H groups in total. The van der Waals surface area contributed by atoms with Crippen molar-refractivity contribution in [2.45, 2.75) is 27.7 Å². The van der Waals surface area contributed by atoms with Crippen molar-refractivity contribution in [1.29, 1.82) is 0 Å². The van der Waals surface area contributed by atoms with Gasteiger partial charge >= 0.3 is 0 Å². The predicted molar refractivity (Wildman–Crippen MR) is 88.5 cm³/mol. The number of amides is 1. The van der Waals surface area contributed by atoms with E-state index >= 15 is 0 Å². The number of hydrogen-bond acceptors (Lipinski definition) is 2. The Bertz CT molecular complexity index is 877. The standard InChI is InChI=1S/C18H19N3O/c1-11-7-8-15(10-13(11)3)20-18(22)16-14(4)19-17-12(2)6-5-9-21(16)17/h5-10H,1-4H3,(H,20,22). The van der Waals surface area contributed by atoms with Crippen molar-refractivity contribution in [3.05, 3.63) is 64.6 Å². The molecule has 0 bridgehead atoms. The number of nitrogens with zero attached hydrogens (tertiary/aromatic N) is 2. The third kappa shape index (κ3) is 2.37. The summed E-state index contributed by atoms with van der Waals surface area (Å²) < 4.78 is 1.85. The first-order valence-corrected chi connectivity index (χ1v) is 7.30. The van der Waals surface area contributed by atoms with E-state index in [0.29, 0.717) is 5.69 Å². The van der Waals surface area contributed by atoms with Crippen LogP contribution < -0.4 is 5.32 Å². The van der Waals surface area contributed by atoms with Crippen LogP contribution in [0.3, 0.4) is 0 Å². The minimum Gasteiger partial charge on any atom is -0.321 e. The van der Waals surface area contributed by atoms with Gasteiger partial charge in [-0.25, -0.2) is 4.98 Å². The minimum atomic E-state index is -0.140. The van der Waals surface area contributed by atoms with Crippen LogP contribution in [0.1, 0.15) is 32.9 Å². The van der Waals surface area contributed by atoms with E-state index in [1.807, 2.05) is 61.7 Å². The van der Waals surface area contributed by atoms with Crippen LogP contribution in [0, 0.1) is 27.7 Å². The molecule has 3 aromatic rings. The Balaban J connectivity index is 2.00. The van der Waals surface area contributed by atoms with Gasteiger partial charge in [0.1, 0.15) is 11.3 Å². The predicted octanol–water partition coefficient (Wildman–Crippen LogP) is 3.82.